The van der Waals surface area contributed by atoms with Crippen molar-refractivity contribution in [1.29, 1.82) is 0 Å². The first-order valence-electron chi connectivity index (χ1n) is 6.64. The molecule has 0 aliphatic carbocycles. The van der Waals surface area contributed by atoms with Crippen LogP contribution in [-0.4, -0.2) is 62.7 Å². The van der Waals surface area contributed by atoms with Gasteiger partial charge in [-0.3, -0.25) is 0 Å². The van der Waals surface area contributed by atoms with E-state index in [4.69, 9.17) is 0 Å². The normalized spacial score (nSPS) is 26.2. The molecule has 1 N–H and O–H groups in total. The zero-order valence-corrected chi connectivity index (χ0v) is 11.7. The van der Waals surface area contributed by atoms with E-state index >= 15 is 0 Å². The van der Waals surface area contributed by atoms with Crippen molar-refractivity contribution in [3.05, 3.63) is 0 Å². The maximum absolute atomic E-state index is 3.41. The SMILES string of the molecule is CCC(NC)C(C)N(C)CC1CCN(C)C1. The molecule has 0 aromatic carbocycles. The summed E-state index contributed by atoms with van der Waals surface area (Å²) >= 11 is 0. The minimum atomic E-state index is 0.615. The predicted molar refractivity (Wildman–Crippen MR) is 70.8 cm³/mol. The van der Waals surface area contributed by atoms with E-state index < -0.39 is 0 Å². The van der Waals surface area contributed by atoms with Crippen molar-refractivity contribution in [3.8, 4) is 0 Å². The lowest BCUT2D eigenvalue weighted by molar-refractivity contribution is 0.180. The minimum Gasteiger partial charge on any atom is -0.315 e. The van der Waals surface area contributed by atoms with Crippen LogP contribution in [0, 0.1) is 5.92 Å². The fourth-order valence-electron chi connectivity index (χ4n) is 2.84. The summed E-state index contributed by atoms with van der Waals surface area (Å²) in [5.41, 5.74) is 0. The van der Waals surface area contributed by atoms with Crippen LogP contribution in [0.2, 0.25) is 0 Å². The highest BCUT2D eigenvalue weighted by atomic mass is 15.2. The summed E-state index contributed by atoms with van der Waals surface area (Å²) in [6.45, 7) is 8.38. The van der Waals surface area contributed by atoms with Crippen molar-refractivity contribution in [2.75, 3.05) is 40.8 Å². The molecule has 3 nitrogen and oxygen atoms in total. The van der Waals surface area contributed by atoms with E-state index in [1.807, 2.05) is 0 Å². The second kappa shape index (κ2) is 6.58. The highest BCUT2D eigenvalue weighted by Gasteiger charge is 2.24. The van der Waals surface area contributed by atoms with Crippen molar-refractivity contribution < 1.29 is 0 Å². The Balaban J connectivity index is 2.35. The van der Waals surface area contributed by atoms with Crippen LogP contribution in [0.1, 0.15) is 26.7 Å². The fourth-order valence-corrected chi connectivity index (χ4v) is 2.84. The average molecular weight is 227 g/mol. The second-order valence-corrected chi connectivity index (χ2v) is 5.40. The zero-order chi connectivity index (χ0) is 12.1. The number of nitrogens with zero attached hydrogens (tertiary/aromatic N) is 2. The van der Waals surface area contributed by atoms with Gasteiger partial charge in [-0.25, -0.2) is 0 Å². The van der Waals surface area contributed by atoms with E-state index in [9.17, 15) is 0 Å². The number of hydrogen-bond donors (Lipinski definition) is 1. The lowest BCUT2D eigenvalue weighted by Crippen LogP contribution is -2.47. The molecule has 0 spiro atoms. The Morgan fingerprint density at radius 3 is 2.62 bits per heavy atom. The largest absolute Gasteiger partial charge is 0.315 e. The molecule has 0 amide bonds. The van der Waals surface area contributed by atoms with Crippen LogP contribution in [0.5, 0.6) is 0 Å². The molecule has 16 heavy (non-hydrogen) atoms. The molecule has 1 fully saturated rings. The third kappa shape index (κ3) is 3.72. The van der Waals surface area contributed by atoms with E-state index in [0.29, 0.717) is 12.1 Å². The topological polar surface area (TPSA) is 18.5 Å². The summed E-state index contributed by atoms with van der Waals surface area (Å²) in [5, 5.41) is 3.41. The summed E-state index contributed by atoms with van der Waals surface area (Å²) in [6, 6.07) is 1.24. The standard InChI is InChI=1S/C13H29N3/c1-6-13(14-3)11(2)16(5)10-12-7-8-15(4)9-12/h11-14H,6-10H2,1-5H3. The van der Waals surface area contributed by atoms with Gasteiger partial charge in [0.1, 0.15) is 0 Å². The Labute approximate surface area is 101 Å². The van der Waals surface area contributed by atoms with Crippen molar-refractivity contribution >= 4 is 0 Å². The third-order valence-electron chi connectivity index (χ3n) is 4.12. The Morgan fingerprint density at radius 2 is 2.19 bits per heavy atom. The number of nitrogens with one attached hydrogen (secondary N) is 1. The molecule has 0 radical (unpaired) electrons. The lowest BCUT2D eigenvalue weighted by Gasteiger charge is -2.33. The van der Waals surface area contributed by atoms with Gasteiger partial charge >= 0.3 is 0 Å². The van der Waals surface area contributed by atoms with Crippen LogP contribution >= 0.6 is 0 Å². The average Bonchev–Trinajstić information content (AvgIpc) is 2.65. The summed E-state index contributed by atoms with van der Waals surface area (Å²) in [6.07, 6.45) is 2.57. The number of likely N-dealkylation sites (tertiary alicyclic amines) is 1. The monoisotopic (exact) mass is 227 g/mol. The molecule has 1 aliphatic heterocycles. The van der Waals surface area contributed by atoms with Crippen LogP contribution in [0.25, 0.3) is 0 Å². The van der Waals surface area contributed by atoms with Gasteiger partial charge in [0.25, 0.3) is 0 Å². The van der Waals surface area contributed by atoms with Crippen molar-refractivity contribution in [1.82, 2.24) is 15.1 Å². The summed E-state index contributed by atoms with van der Waals surface area (Å²) in [5.74, 6) is 0.867. The number of likely N-dealkylation sites (N-methyl/N-ethyl adjacent to an activating group) is 2. The van der Waals surface area contributed by atoms with E-state index in [0.717, 1.165) is 5.92 Å². The van der Waals surface area contributed by atoms with Crippen LogP contribution < -0.4 is 5.32 Å². The summed E-state index contributed by atoms with van der Waals surface area (Å²) in [4.78, 5) is 4.97. The maximum atomic E-state index is 3.41. The molecule has 3 heteroatoms. The number of hydrogen-bond acceptors (Lipinski definition) is 3. The van der Waals surface area contributed by atoms with Gasteiger partial charge in [0.15, 0.2) is 0 Å². The Morgan fingerprint density at radius 1 is 1.50 bits per heavy atom. The quantitative estimate of drug-likeness (QED) is 0.737. The van der Waals surface area contributed by atoms with Crippen molar-refractivity contribution in [2.24, 2.45) is 5.92 Å². The van der Waals surface area contributed by atoms with Gasteiger partial charge in [-0.15, -0.1) is 0 Å². The molecular weight excluding hydrogens is 198 g/mol. The first-order chi connectivity index (χ1) is 7.58. The summed E-state index contributed by atoms with van der Waals surface area (Å²) < 4.78 is 0. The molecule has 0 bridgehead atoms. The van der Waals surface area contributed by atoms with Gasteiger partial charge in [-0.05, 0) is 53.4 Å². The van der Waals surface area contributed by atoms with Gasteiger partial charge in [0.05, 0.1) is 0 Å². The van der Waals surface area contributed by atoms with Gasteiger partial charge in [0.2, 0.25) is 0 Å². The molecule has 0 saturated carbocycles. The van der Waals surface area contributed by atoms with Crippen molar-refractivity contribution in [2.45, 2.75) is 38.8 Å². The molecule has 0 aromatic rings. The predicted octanol–water partition coefficient (Wildman–Crippen LogP) is 1.26. The smallest absolute Gasteiger partial charge is 0.0217 e. The zero-order valence-electron chi connectivity index (χ0n) is 11.7. The van der Waals surface area contributed by atoms with Crippen molar-refractivity contribution in [3.63, 3.8) is 0 Å². The lowest BCUT2D eigenvalue weighted by atomic mass is 10.0. The maximum Gasteiger partial charge on any atom is 0.0217 e. The van der Waals surface area contributed by atoms with Gasteiger partial charge in [-0.2, -0.15) is 0 Å². The van der Waals surface area contributed by atoms with Gasteiger partial charge in [-0.1, -0.05) is 6.92 Å². The summed E-state index contributed by atoms with van der Waals surface area (Å²) in [7, 11) is 6.57. The van der Waals surface area contributed by atoms with E-state index in [1.54, 1.807) is 0 Å². The van der Waals surface area contributed by atoms with Crippen LogP contribution in [-0.2, 0) is 0 Å². The fraction of sp³-hybridized carbons (Fsp3) is 1.00. The molecule has 1 aliphatic rings. The molecule has 1 saturated heterocycles. The minimum absolute atomic E-state index is 0.615. The first-order valence-corrected chi connectivity index (χ1v) is 6.64. The highest BCUT2D eigenvalue weighted by Crippen LogP contribution is 2.17. The molecular formula is C13H29N3. The molecule has 0 aromatic heterocycles. The Bertz CT molecular complexity index is 192. The van der Waals surface area contributed by atoms with Crippen LogP contribution in [0.3, 0.4) is 0 Å². The second-order valence-electron chi connectivity index (χ2n) is 5.40. The Kier molecular flexibility index (Phi) is 5.73. The molecule has 96 valence electrons. The van der Waals surface area contributed by atoms with E-state index in [1.165, 1.54) is 32.5 Å². The van der Waals surface area contributed by atoms with E-state index in [2.05, 4.69) is 50.1 Å². The van der Waals surface area contributed by atoms with Crippen LogP contribution in [0.4, 0.5) is 0 Å². The van der Waals surface area contributed by atoms with E-state index in [-0.39, 0.29) is 0 Å². The molecule has 3 unspecified atom stereocenters. The molecule has 1 heterocycles. The first kappa shape index (κ1) is 13.9. The Hall–Kier alpha value is -0.120. The number of rotatable bonds is 6. The third-order valence-corrected chi connectivity index (χ3v) is 4.12. The highest BCUT2D eigenvalue weighted by molar-refractivity contribution is 4.81. The van der Waals surface area contributed by atoms with Gasteiger partial charge in [0, 0.05) is 25.2 Å². The molecule has 3 atom stereocenters. The van der Waals surface area contributed by atoms with Gasteiger partial charge < -0.3 is 15.1 Å². The molecule has 1 rings (SSSR count). The van der Waals surface area contributed by atoms with Crippen LogP contribution in [0.15, 0.2) is 0 Å².